The van der Waals surface area contributed by atoms with Crippen molar-refractivity contribution in [2.24, 2.45) is 0 Å². The fourth-order valence-corrected chi connectivity index (χ4v) is 3.30. The SMILES string of the molecule is COc1ccc(C=C2Oc3cc(OCc4ccccc4Cl)ccc3C2=O)c(OC)c1. The summed E-state index contributed by atoms with van der Waals surface area (Å²) in [5.74, 6) is 2.31. The summed E-state index contributed by atoms with van der Waals surface area (Å²) >= 11 is 6.17. The molecule has 5 nitrogen and oxygen atoms in total. The van der Waals surface area contributed by atoms with Crippen LogP contribution in [0, 0.1) is 0 Å². The highest BCUT2D eigenvalue weighted by atomic mass is 35.5. The second-order valence-electron chi connectivity index (χ2n) is 6.59. The van der Waals surface area contributed by atoms with Crippen molar-refractivity contribution in [1.82, 2.24) is 0 Å². The maximum atomic E-state index is 12.7. The molecule has 1 heterocycles. The highest BCUT2D eigenvalue weighted by molar-refractivity contribution is 6.31. The number of ketones is 1. The molecule has 0 bridgehead atoms. The van der Waals surface area contributed by atoms with Crippen LogP contribution in [-0.2, 0) is 6.61 Å². The Kier molecular flexibility index (Phi) is 5.63. The van der Waals surface area contributed by atoms with Crippen molar-refractivity contribution < 1.29 is 23.7 Å². The van der Waals surface area contributed by atoms with Crippen LogP contribution in [0.2, 0.25) is 5.02 Å². The molecule has 4 rings (SSSR count). The number of halogens is 1. The Bertz CT molecular complexity index is 1140. The van der Waals surface area contributed by atoms with E-state index in [4.69, 9.17) is 30.5 Å². The lowest BCUT2D eigenvalue weighted by Crippen LogP contribution is -1.99. The van der Waals surface area contributed by atoms with Gasteiger partial charge in [-0.3, -0.25) is 4.79 Å². The molecule has 152 valence electrons. The predicted molar refractivity (Wildman–Crippen MR) is 115 cm³/mol. The van der Waals surface area contributed by atoms with Crippen LogP contribution in [-0.4, -0.2) is 20.0 Å². The molecule has 0 atom stereocenters. The summed E-state index contributed by atoms with van der Waals surface area (Å²) in [5, 5.41) is 0.642. The van der Waals surface area contributed by atoms with Crippen molar-refractivity contribution in [1.29, 1.82) is 0 Å². The van der Waals surface area contributed by atoms with Crippen LogP contribution in [0.3, 0.4) is 0 Å². The van der Waals surface area contributed by atoms with E-state index in [0.29, 0.717) is 45.8 Å². The number of fused-ring (bicyclic) bond motifs is 1. The van der Waals surface area contributed by atoms with E-state index in [1.807, 2.05) is 30.3 Å². The highest BCUT2D eigenvalue weighted by Crippen LogP contribution is 2.36. The number of allylic oxidation sites excluding steroid dienone is 1. The standard InChI is InChI=1S/C24H19ClO5/c1-27-17-8-7-15(21(12-17)28-2)11-23-24(26)19-10-9-18(13-22(19)30-23)29-14-16-5-3-4-6-20(16)25/h3-13H,14H2,1-2H3. The van der Waals surface area contributed by atoms with Crippen LogP contribution in [0.1, 0.15) is 21.5 Å². The third-order valence-corrected chi connectivity index (χ3v) is 5.09. The molecule has 0 saturated heterocycles. The van der Waals surface area contributed by atoms with Crippen molar-refractivity contribution in [3.63, 3.8) is 0 Å². The minimum Gasteiger partial charge on any atom is -0.497 e. The Balaban J connectivity index is 1.54. The lowest BCUT2D eigenvalue weighted by atomic mass is 10.1. The summed E-state index contributed by atoms with van der Waals surface area (Å²) in [6.45, 7) is 0.318. The van der Waals surface area contributed by atoms with Crippen molar-refractivity contribution in [2.45, 2.75) is 6.61 Å². The van der Waals surface area contributed by atoms with Gasteiger partial charge in [-0.05, 0) is 36.4 Å². The normalized spacial score (nSPS) is 13.7. The minimum absolute atomic E-state index is 0.194. The van der Waals surface area contributed by atoms with Gasteiger partial charge in [-0.25, -0.2) is 0 Å². The molecule has 30 heavy (non-hydrogen) atoms. The second kappa shape index (κ2) is 8.51. The number of ether oxygens (including phenoxy) is 4. The van der Waals surface area contributed by atoms with Gasteiger partial charge in [0.1, 0.15) is 29.6 Å². The third kappa shape index (κ3) is 3.98. The Labute approximate surface area is 179 Å². The molecule has 0 saturated carbocycles. The van der Waals surface area contributed by atoms with Crippen LogP contribution in [0.5, 0.6) is 23.0 Å². The minimum atomic E-state index is -0.194. The topological polar surface area (TPSA) is 54.0 Å². The first-order chi connectivity index (χ1) is 14.6. The van der Waals surface area contributed by atoms with Gasteiger partial charge < -0.3 is 18.9 Å². The smallest absolute Gasteiger partial charge is 0.231 e. The zero-order valence-corrected chi connectivity index (χ0v) is 17.2. The number of hydrogen-bond donors (Lipinski definition) is 0. The van der Waals surface area contributed by atoms with Gasteiger partial charge in [0.05, 0.1) is 19.8 Å². The lowest BCUT2D eigenvalue weighted by molar-refractivity contribution is 0.101. The molecule has 0 aliphatic carbocycles. The first-order valence-corrected chi connectivity index (χ1v) is 9.63. The number of methoxy groups -OCH3 is 2. The number of carbonyl (C=O) groups is 1. The molecule has 0 N–H and O–H groups in total. The molecule has 0 amide bonds. The van der Waals surface area contributed by atoms with E-state index in [2.05, 4.69) is 0 Å². The van der Waals surface area contributed by atoms with E-state index >= 15 is 0 Å². The average Bonchev–Trinajstić information content (AvgIpc) is 3.08. The van der Waals surface area contributed by atoms with Crippen molar-refractivity contribution >= 4 is 23.5 Å². The maximum Gasteiger partial charge on any atom is 0.231 e. The Morgan fingerprint density at radius 1 is 0.967 bits per heavy atom. The highest BCUT2D eigenvalue weighted by Gasteiger charge is 2.28. The largest absolute Gasteiger partial charge is 0.497 e. The van der Waals surface area contributed by atoms with Crippen LogP contribution >= 0.6 is 11.6 Å². The van der Waals surface area contributed by atoms with Crippen molar-refractivity contribution in [2.75, 3.05) is 14.2 Å². The quantitative estimate of drug-likeness (QED) is 0.487. The number of carbonyl (C=O) groups excluding carboxylic acids is 1. The molecule has 1 aliphatic heterocycles. The molecular weight excluding hydrogens is 404 g/mol. The van der Waals surface area contributed by atoms with Gasteiger partial charge in [0.15, 0.2) is 5.76 Å². The molecule has 0 spiro atoms. The Morgan fingerprint density at radius 2 is 1.77 bits per heavy atom. The summed E-state index contributed by atoms with van der Waals surface area (Å²) in [6.07, 6.45) is 1.66. The van der Waals surface area contributed by atoms with Crippen molar-refractivity contribution in [3.05, 3.63) is 88.1 Å². The molecule has 6 heteroatoms. The zero-order valence-electron chi connectivity index (χ0n) is 16.5. The summed E-state index contributed by atoms with van der Waals surface area (Å²) in [7, 11) is 3.14. The molecular formula is C24H19ClO5. The van der Waals surface area contributed by atoms with E-state index in [-0.39, 0.29) is 11.5 Å². The molecule has 3 aromatic rings. The van der Waals surface area contributed by atoms with E-state index in [1.165, 1.54) is 0 Å². The van der Waals surface area contributed by atoms with E-state index < -0.39 is 0 Å². The van der Waals surface area contributed by atoms with Gasteiger partial charge in [0.25, 0.3) is 0 Å². The first-order valence-electron chi connectivity index (χ1n) is 9.25. The molecule has 0 unspecified atom stereocenters. The first kappa shape index (κ1) is 19.9. The summed E-state index contributed by atoms with van der Waals surface area (Å²) in [4.78, 5) is 12.7. The fraction of sp³-hybridized carbons (Fsp3) is 0.125. The summed E-state index contributed by atoms with van der Waals surface area (Å²) < 4.78 is 22.2. The lowest BCUT2D eigenvalue weighted by Gasteiger charge is -2.09. The number of rotatable bonds is 6. The van der Waals surface area contributed by atoms with E-state index in [1.54, 1.807) is 50.6 Å². The van der Waals surface area contributed by atoms with Gasteiger partial charge in [-0.1, -0.05) is 29.8 Å². The molecule has 0 aromatic heterocycles. The zero-order chi connectivity index (χ0) is 21.1. The predicted octanol–water partition coefficient (Wildman–Crippen LogP) is 5.55. The van der Waals surface area contributed by atoms with Crippen LogP contribution in [0.15, 0.2) is 66.4 Å². The van der Waals surface area contributed by atoms with E-state index in [9.17, 15) is 4.79 Å². The average molecular weight is 423 g/mol. The number of benzene rings is 3. The summed E-state index contributed by atoms with van der Waals surface area (Å²) in [5.41, 5.74) is 2.08. The Hall–Kier alpha value is -3.44. The van der Waals surface area contributed by atoms with Crippen LogP contribution in [0.4, 0.5) is 0 Å². The van der Waals surface area contributed by atoms with Gasteiger partial charge in [0.2, 0.25) is 5.78 Å². The van der Waals surface area contributed by atoms with Gasteiger partial charge in [0, 0.05) is 28.3 Å². The van der Waals surface area contributed by atoms with Gasteiger partial charge in [-0.15, -0.1) is 0 Å². The molecule has 0 fully saturated rings. The third-order valence-electron chi connectivity index (χ3n) is 4.72. The van der Waals surface area contributed by atoms with E-state index in [0.717, 1.165) is 5.56 Å². The summed E-state index contributed by atoms with van der Waals surface area (Å²) in [6, 6.07) is 18.0. The molecule has 0 radical (unpaired) electrons. The van der Waals surface area contributed by atoms with Crippen LogP contribution < -0.4 is 18.9 Å². The van der Waals surface area contributed by atoms with Gasteiger partial charge in [-0.2, -0.15) is 0 Å². The van der Waals surface area contributed by atoms with Gasteiger partial charge >= 0.3 is 0 Å². The number of Topliss-reactive ketones (excluding diaryl/α,β-unsaturated/α-hetero) is 1. The molecule has 1 aliphatic rings. The van der Waals surface area contributed by atoms with Crippen molar-refractivity contribution in [3.8, 4) is 23.0 Å². The maximum absolute atomic E-state index is 12.7. The monoisotopic (exact) mass is 422 g/mol. The Morgan fingerprint density at radius 3 is 2.53 bits per heavy atom. The molecule has 3 aromatic carbocycles. The van der Waals surface area contributed by atoms with Crippen LogP contribution in [0.25, 0.3) is 6.08 Å². The second-order valence-corrected chi connectivity index (χ2v) is 6.99. The fourth-order valence-electron chi connectivity index (χ4n) is 3.11. The number of hydrogen-bond acceptors (Lipinski definition) is 5.